The van der Waals surface area contributed by atoms with Gasteiger partial charge in [-0.2, -0.15) is 0 Å². The molecule has 1 aromatic heterocycles. The number of anilines is 1. The SMILES string of the molecule is CN(C)C1(CNC(=O)Nc2cccc(-c3nnnn3C)c2)CCCCC1. The van der Waals surface area contributed by atoms with Crippen molar-refractivity contribution in [2.75, 3.05) is 26.0 Å². The largest absolute Gasteiger partial charge is 0.336 e. The van der Waals surface area contributed by atoms with Crippen LogP contribution in [0.1, 0.15) is 32.1 Å². The zero-order valence-electron chi connectivity index (χ0n) is 15.7. The summed E-state index contributed by atoms with van der Waals surface area (Å²) in [5, 5.41) is 17.5. The number of aromatic nitrogens is 4. The Bertz CT molecular complexity index is 750. The molecule has 1 aromatic carbocycles. The third kappa shape index (κ3) is 4.01. The number of tetrazole rings is 1. The lowest BCUT2D eigenvalue weighted by Crippen LogP contribution is -2.54. The number of benzene rings is 1. The number of likely N-dealkylation sites (N-methyl/N-ethyl adjacent to an activating group) is 1. The topological polar surface area (TPSA) is 88.0 Å². The second-order valence-electron chi connectivity index (χ2n) is 7.19. The predicted molar refractivity (Wildman–Crippen MR) is 101 cm³/mol. The summed E-state index contributed by atoms with van der Waals surface area (Å²) in [6.07, 6.45) is 5.96. The fourth-order valence-corrected chi connectivity index (χ4v) is 3.62. The molecule has 0 aliphatic heterocycles. The number of nitrogens with zero attached hydrogens (tertiary/aromatic N) is 5. The van der Waals surface area contributed by atoms with E-state index in [0.29, 0.717) is 18.1 Å². The Hall–Kier alpha value is -2.48. The van der Waals surface area contributed by atoms with Crippen molar-refractivity contribution in [3.05, 3.63) is 24.3 Å². The summed E-state index contributed by atoms with van der Waals surface area (Å²) in [6.45, 7) is 0.652. The van der Waals surface area contributed by atoms with Gasteiger partial charge in [0.1, 0.15) is 0 Å². The lowest BCUT2D eigenvalue weighted by atomic mass is 9.80. The third-order valence-electron chi connectivity index (χ3n) is 5.31. The van der Waals surface area contributed by atoms with Gasteiger partial charge in [-0.1, -0.05) is 31.4 Å². The van der Waals surface area contributed by atoms with Gasteiger partial charge in [-0.3, -0.25) is 0 Å². The Balaban J connectivity index is 1.62. The maximum Gasteiger partial charge on any atom is 0.319 e. The number of aryl methyl sites for hydroxylation is 1. The van der Waals surface area contributed by atoms with Gasteiger partial charge in [0.25, 0.3) is 0 Å². The van der Waals surface area contributed by atoms with Crippen LogP contribution in [0.25, 0.3) is 11.4 Å². The van der Waals surface area contributed by atoms with Crippen molar-refractivity contribution in [2.24, 2.45) is 7.05 Å². The van der Waals surface area contributed by atoms with Gasteiger partial charge in [0.15, 0.2) is 5.82 Å². The normalized spacial score (nSPS) is 16.5. The van der Waals surface area contributed by atoms with E-state index < -0.39 is 0 Å². The number of hydrogen-bond acceptors (Lipinski definition) is 5. The van der Waals surface area contributed by atoms with Crippen LogP contribution in [-0.2, 0) is 7.05 Å². The molecule has 0 atom stereocenters. The van der Waals surface area contributed by atoms with Crippen molar-refractivity contribution in [2.45, 2.75) is 37.6 Å². The molecule has 1 fully saturated rings. The van der Waals surface area contributed by atoms with Crippen molar-refractivity contribution >= 4 is 11.7 Å². The minimum absolute atomic E-state index is 0.0573. The fraction of sp³-hybridized carbons (Fsp3) is 0.556. The molecule has 1 aliphatic carbocycles. The molecule has 2 amide bonds. The van der Waals surface area contributed by atoms with E-state index in [9.17, 15) is 4.79 Å². The van der Waals surface area contributed by atoms with Gasteiger partial charge in [0.05, 0.1) is 0 Å². The Morgan fingerprint density at radius 1 is 1.27 bits per heavy atom. The number of nitrogens with one attached hydrogen (secondary N) is 2. The van der Waals surface area contributed by atoms with E-state index in [2.05, 4.69) is 45.2 Å². The predicted octanol–water partition coefficient (Wildman–Crippen LogP) is 2.26. The van der Waals surface area contributed by atoms with Crippen LogP contribution in [0.5, 0.6) is 0 Å². The van der Waals surface area contributed by atoms with Crippen molar-refractivity contribution in [3.63, 3.8) is 0 Å². The fourth-order valence-electron chi connectivity index (χ4n) is 3.62. The van der Waals surface area contributed by atoms with E-state index >= 15 is 0 Å². The molecule has 1 saturated carbocycles. The van der Waals surface area contributed by atoms with Crippen LogP contribution < -0.4 is 10.6 Å². The highest BCUT2D eigenvalue weighted by Crippen LogP contribution is 2.31. The average molecular weight is 357 g/mol. The average Bonchev–Trinajstić information content (AvgIpc) is 3.07. The molecule has 26 heavy (non-hydrogen) atoms. The van der Waals surface area contributed by atoms with Gasteiger partial charge in [0, 0.05) is 30.4 Å². The van der Waals surface area contributed by atoms with Gasteiger partial charge in [-0.25, -0.2) is 9.48 Å². The Labute approximate surface area is 154 Å². The van der Waals surface area contributed by atoms with Crippen LogP contribution >= 0.6 is 0 Å². The molecule has 0 saturated heterocycles. The highest BCUT2D eigenvalue weighted by molar-refractivity contribution is 5.90. The minimum Gasteiger partial charge on any atom is -0.336 e. The summed E-state index contributed by atoms with van der Waals surface area (Å²) in [5.74, 6) is 0.655. The van der Waals surface area contributed by atoms with Crippen LogP contribution in [0, 0.1) is 0 Å². The second kappa shape index (κ2) is 7.82. The molecule has 140 valence electrons. The standard InChI is InChI=1S/C18H27N7O/c1-24(2)18(10-5-4-6-11-18)13-19-17(26)20-15-9-7-8-14(12-15)16-21-22-23-25(16)3/h7-9,12H,4-6,10-11,13H2,1-3H3,(H2,19,20,26). The molecular formula is C18H27N7O. The highest BCUT2D eigenvalue weighted by Gasteiger charge is 2.34. The van der Waals surface area contributed by atoms with Gasteiger partial charge >= 0.3 is 6.03 Å². The number of carbonyl (C=O) groups excluding carboxylic acids is 1. The van der Waals surface area contributed by atoms with E-state index in [1.807, 2.05) is 24.3 Å². The quantitative estimate of drug-likeness (QED) is 0.857. The molecule has 0 radical (unpaired) electrons. The van der Waals surface area contributed by atoms with E-state index in [-0.39, 0.29) is 11.6 Å². The molecule has 0 spiro atoms. The first-order chi connectivity index (χ1) is 12.5. The zero-order valence-corrected chi connectivity index (χ0v) is 15.7. The van der Waals surface area contributed by atoms with Gasteiger partial charge in [-0.15, -0.1) is 5.10 Å². The molecule has 0 unspecified atom stereocenters. The summed E-state index contributed by atoms with van der Waals surface area (Å²) in [4.78, 5) is 14.7. The maximum atomic E-state index is 12.4. The first-order valence-electron chi connectivity index (χ1n) is 9.05. The van der Waals surface area contributed by atoms with E-state index in [1.165, 1.54) is 19.3 Å². The number of carbonyl (C=O) groups is 1. The summed E-state index contributed by atoms with van der Waals surface area (Å²) >= 11 is 0. The molecule has 1 aliphatic rings. The second-order valence-corrected chi connectivity index (χ2v) is 7.19. The summed E-state index contributed by atoms with van der Waals surface area (Å²) in [7, 11) is 5.99. The van der Waals surface area contributed by atoms with Gasteiger partial charge < -0.3 is 15.5 Å². The number of urea groups is 1. The zero-order chi connectivity index (χ0) is 18.6. The number of hydrogen-bond donors (Lipinski definition) is 2. The lowest BCUT2D eigenvalue weighted by Gasteiger charge is -2.43. The molecule has 0 bridgehead atoms. The minimum atomic E-state index is -0.190. The third-order valence-corrected chi connectivity index (χ3v) is 5.31. The Morgan fingerprint density at radius 2 is 2.04 bits per heavy atom. The smallest absolute Gasteiger partial charge is 0.319 e. The Kier molecular flexibility index (Phi) is 5.51. The first kappa shape index (κ1) is 18.3. The van der Waals surface area contributed by atoms with Gasteiger partial charge in [-0.05, 0) is 49.5 Å². The number of rotatable bonds is 5. The highest BCUT2D eigenvalue weighted by atomic mass is 16.2. The summed E-state index contributed by atoms with van der Waals surface area (Å²) in [5.41, 5.74) is 1.62. The monoisotopic (exact) mass is 357 g/mol. The van der Waals surface area contributed by atoms with Crippen LogP contribution in [0.2, 0.25) is 0 Å². The van der Waals surface area contributed by atoms with Crippen molar-refractivity contribution in [1.82, 2.24) is 30.4 Å². The number of amides is 2. The van der Waals surface area contributed by atoms with E-state index in [4.69, 9.17) is 0 Å². The van der Waals surface area contributed by atoms with Crippen molar-refractivity contribution in [1.29, 1.82) is 0 Å². The molecule has 3 rings (SSSR count). The van der Waals surface area contributed by atoms with Crippen LogP contribution in [0.4, 0.5) is 10.5 Å². The van der Waals surface area contributed by atoms with Crippen LogP contribution in [0.15, 0.2) is 24.3 Å². The van der Waals surface area contributed by atoms with Crippen LogP contribution in [-0.4, -0.2) is 57.3 Å². The molecular weight excluding hydrogens is 330 g/mol. The molecule has 8 nitrogen and oxygen atoms in total. The molecule has 8 heteroatoms. The van der Waals surface area contributed by atoms with Crippen molar-refractivity contribution < 1.29 is 4.79 Å². The molecule has 2 N–H and O–H groups in total. The lowest BCUT2D eigenvalue weighted by molar-refractivity contribution is 0.101. The first-order valence-corrected chi connectivity index (χ1v) is 9.05. The van der Waals surface area contributed by atoms with E-state index in [0.717, 1.165) is 18.4 Å². The summed E-state index contributed by atoms with van der Waals surface area (Å²) in [6, 6.07) is 7.33. The molecule has 1 heterocycles. The maximum absolute atomic E-state index is 12.4. The summed E-state index contributed by atoms with van der Waals surface area (Å²) < 4.78 is 1.60. The van der Waals surface area contributed by atoms with Crippen LogP contribution in [0.3, 0.4) is 0 Å². The Morgan fingerprint density at radius 3 is 2.69 bits per heavy atom. The molecule has 2 aromatic rings. The van der Waals surface area contributed by atoms with Crippen molar-refractivity contribution in [3.8, 4) is 11.4 Å². The van der Waals surface area contributed by atoms with E-state index in [1.54, 1.807) is 11.7 Å². The van der Waals surface area contributed by atoms with Gasteiger partial charge in [0.2, 0.25) is 0 Å².